The molecule has 1 aromatic heterocycles. The highest BCUT2D eigenvalue weighted by Gasteiger charge is 2.24. The summed E-state index contributed by atoms with van der Waals surface area (Å²) in [5.74, 6) is 3.50. The molecule has 6 nitrogen and oxygen atoms in total. The zero-order chi connectivity index (χ0) is 20.4. The second-order valence-electron chi connectivity index (χ2n) is 6.57. The summed E-state index contributed by atoms with van der Waals surface area (Å²) in [4.78, 5) is 12.8. The monoisotopic (exact) mass is 429 g/mol. The lowest BCUT2D eigenvalue weighted by Crippen LogP contribution is -2.18. The van der Waals surface area contributed by atoms with E-state index in [4.69, 9.17) is 26.2 Å². The molecule has 2 aromatic carbocycles. The van der Waals surface area contributed by atoms with Gasteiger partial charge in [-0.05, 0) is 42.0 Å². The zero-order valence-electron chi connectivity index (χ0n) is 16.1. The molecule has 150 valence electrons. The smallest absolute Gasteiger partial charge is 0.229 e. The molecule has 0 bridgehead atoms. The number of hydrogen-bond donors (Lipinski definition) is 1. The summed E-state index contributed by atoms with van der Waals surface area (Å²) >= 11 is 7.80. The maximum absolute atomic E-state index is 12.8. The second-order valence-corrected chi connectivity index (χ2v) is 7.99. The third-order valence-corrected chi connectivity index (χ3v) is 5.92. The van der Waals surface area contributed by atoms with Crippen LogP contribution in [0, 0.1) is 0 Å². The Bertz CT molecular complexity index is 1050. The van der Waals surface area contributed by atoms with E-state index in [1.807, 2.05) is 36.4 Å². The number of ether oxygens (including phenoxy) is 2. The van der Waals surface area contributed by atoms with Crippen molar-refractivity contribution in [2.45, 2.75) is 17.9 Å². The summed E-state index contributed by atoms with van der Waals surface area (Å²) in [6.07, 6.45) is 0.216. The van der Waals surface area contributed by atoms with Gasteiger partial charge in [-0.25, -0.2) is 4.68 Å². The molecule has 1 N–H and O–H groups in total. The molecule has 0 aliphatic carbocycles. The molecule has 8 heteroatoms. The van der Waals surface area contributed by atoms with Gasteiger partial charge < -0.3 is 14.8 Å². The summed E-state index contributed by atoms with van der Waals surface area (Å²) in [5, 5.41) is 8.42. The van der Waals surface area contributed by atoms with Crippen molar-refractivity contribution in [1.82, 2.24) is 9.78 Å². The molecule has 1 aliphatic heterocycles. The SMILES string of the molecule is COc1ccc(CC(=O)Nc2c3c(nn2-c2ccc(Cl)cc2)CSC3)cc1OC. The van der Waals surface area contributed by atoms with Crippen molar-refractivity contribution in [3.63, 3.8) is 0 Å². The lowest BCUT2D eigenvalue weighted by atomic mass is 10.1. The number of hydrogen-bond acceptors (Lipinski definition) is 5. The Morgan fingerprint density at radius 1 is 1.14 bits per heavy atom. The fourth-order valence-electron chi connectivity index (χ4n) is 3.26. The number of fused-ring (bicyclic) bond motifs is 1. The maximum Gasteiger partial charge on any atom is 0.229 e. The van der Waals surface area contributed by atoms with Crippen LogP contribution >= 0.6 is 23.4 Å². The molecule has 0 fully saturated rings. The number of nitrogens with zero attached hydrogens (tertiary/aromatic N) is 2. The van der Waals surface area contributed by atoms with Crippen LogP contribution in [0.1, 0.15) is 16.8 Å². The van der Waals surface area contributed by atoms with Crippen LogP contribution in [0.5, 0.6) is 11.5 Å². The minimum Gasteiger partial charge on any atom is -0.493 e. The largest absolute Gasteiger partial charge is 0.493 e. The first kappa shape index (κ1) is 19.7. The molecule has 1 amide bonds. The number of halogens is 1. The summed E-state index contributed by atoms with van der Waals surface area (Å²) in [6, 6.07) is 12.9. The molecule has 0 unspecified atom stereocenters. The topological polar surface area (TPSA) is 65.4 Å². The number of benzene rings is 2. The van der Waals surface area contributed by atoms with E-state index < -0.39 is 0 Å². The number of anilines is 1. The number of aromatic nitrogens is 2. The van der Waals surface area contributed by atoms with Crippen molar-refractivity contribution in [2.75, 3.05) is 19.5 Å². The van der Waals surface area contributed by atoms with Crippen LogP contribution in [0.2, 0.25) is 5.02 Å². The van der Waals surface area contributed by atoms with Gasteiger partial charge in [-0.1, -0.05) is 17.7 Å². The van der Waals surface area contributed by atoms with Crippen molar-refractivity contribution in [3.05, 3.63) is 64.3 Å². The minimum atomic E-state index is -0.118. The number of carbonyl (C=O) groups is 1. The van der Waals surface area contributed by atoms with E-state index in [1.54, 1.807) is 36.7 Å². The van der Waals surface area contributed by atoms with E-state index in [9.17, 15) is 4.79 Å². The van der Waals surface area contributed by atoms with E-state index in [2.05, 4.69) is 5.32 Å². The summed E-state index contributed by atoms with van der Waals surface area (Å²) < 4.78 is 12.4. The van der Waals surface area contributed by atoms with Crippen molar-refractivity contribution < 1.29 is 14.3 Å². The molecule has 3 aromatic rings. The molecule has 0 atom stereocenters. The number of rotatable bonds is 6. The van der Waals surface area contributed by atoms with Gasteiger partial charge in [0.1, 0.15) is 5.82 Å². The second kappa shape index (κ2) is 8.39. The van der Waals surface area contributed by atoms with Crippen LogP contribution < -0.4 is 14.8 Å². The molecule has 2 heterocycles. The molecule has 0 spiro atoms. The fourth-order valence-corrected chi connectivity index (χ4v) is 4.42. The molecule has 0 saturated carbocycles. The van der Waals surface area contributed by atoms with Gasteiger partial charge in [-0.3, -0.25) is 4.79 Å². The van der Waals surface area contributed by atoms with Gasteiger partial charge in [0, 0.05) is 22.1 Å². The van der Waals surface area contributed by atoms with E-state index in [0.717, 1.165) is 39.8 Å². The average Bonchev–Trinajstić information content (AvgIpc) is 3.31. The summed E-state index contributed by atoms with van der Waals surface area (Å²) in [7, 11) is 3.16. The predicted octanol–water partition coefficient (Wildman–Crippen LogP) is 4.47. The lowest BCUT2D eigenvalue weighted by Gasteiger charge is -2.12. The Morgan fingerprint density at radius 2 is 1.90 bits per heavy atom. The lowest BCUT2D eigenvalue weighted by molar-refractivity contribution is -0.115. The fraction of sp³-hybridized carbons (Fsp3) is 0.238. The predicted molar refractivity (Wildman–Crippen MR) is 115 cm³/mol. The first-order valence-electron chi connectivity index (χ1n) is 9.04. The highest BCUT2D eigenvalue weighted by molar-refractivity contribution is 7.98. The van der Waals surface area contributed by atoms with Gasteiger partial charge >= 0.3 is 0 Å². The highest BCUT2D eigenvalue weighted by Crippen LogP contribution is 2.36. The summed E-state index contributed by atoms with van der Waals surface area (Å²) in [6.45, 7) is 0. The van der Waals surface area contributed by atoms with Gasteiger partial charge in [-0.2, -0.15) is 16.9 Å². The number of carbonyl (C=O) groups excluding carboxylic acids is 1. The van der Waals surface area contributed by atoms with Crippen LogP contribution in [0.3, 0.4) is 0 Å². The van der Waals surface area contributed by atoms with Gasteiger partial charge in [0.2, 0.25) is 5.91 Å². The van der Waals surface area contributed by atoms with Crippen LogP contribution in [0.25, 0.3) is 5.69 Å². The van der Waals surface area contributed by atoms with Crippen LogP contribution in [-0.4, -0.2) is 29.9 Å². The Balaban J connectivity index is 1.59. The van der Waals surface area contributed by atoms with Crippen molar-refractivity contribution in [2.24, 2.45) is 0 Å². The first-order valence-corrected chi connectivity index (χ1v) is 10.6. The van der Waals surface area contributed by atoms with Gasteiger partial charge in [0.25, 0.3) is 0 Å². The third kappa shape index (κ3) is 4.06. The molecule has 1 aliphatic rings. The Kier molecular flexibility index (Phi) is 5.69. The highest BCUT2D eigenvalue weighted by atomic mass is 35.5. The standard InChI is InChI=1S/C21H20ClN3O3S/c1-27-18-8-3-13(9-19(18)28-2)10-20(26)23-21-16-11-29-12-17(16)24-25(21)15-6-4-14(22)5-7-15/h3-9H,10-12H2,1-2H3,(H,23,26). The zero-order valence-corrected chi connectivity index (χ0v) is 17.6. The Labute approximate surface area is 178 Å². The van der Waals surface area contributed by atoms with E-state index in [1.165, 1.54) is 0 Å². The minimum absolute atomic E-state index is 0.118. The molecular formula is C21H20ClN3O3S. The van der Waals surface area contributed by atoms with Gasteiger partial charge in [0.15, 0.2) is 11.5 Å². The molecule has 0 saturated heterocycles. The van der Waals surface area contributed by atoms with E-state index in [0.29, 0.717) is 16.5 Å². The quantitative estimate of drug-likeness (QED) is 0.626. The van der Waals surface area contributed by atoms with Crippen molar-refractivity contribution >= 4 is 35.1 Å². The number of nitrogens with one attached hydrogen (secondary N) is 1. The number of methoxy groups -OCH3 is 2. The Morgan fingerprint density at radius 3 is 2.62 bits per heavy atom. The first-order chi connectivity index (χ1) is 14.1. The number of thioether (sulfide) groups is 1. The van der Waals surface area contributed by atoms with Crippen molar-refractivity contribution in [3.8, 4) is 17.2 Å². The van der Waals surface area contributed by atoms with Gasteiger partial charge in [-0.15, -0.1) is 0 Å². The van der Waals surface area contributed by atoms with Crippen LogP contribution in [0.4, 0.5) is 5.82 Å². The Hall–Kier alpha value is -2.64. The van der Waals surface area contributed by atoms with Crippen molar-refractivity contribution in [1.29, 1.82) is 0 Å². The van der Waals surface area contributed by atoms with Crippen LogP contribution in [0.15, 0.2) is 42.5 Å². The third-order valence-electron chi connectivity index (χ3n) is 4.69. The maximum atomic E-state index is 12.8. The normalized spacial score (nSPS) is 12.5. The molecule has 29 heavy (non-hydrogen) atoms. The van der Waals surface area contributed by atoms with E-state index >= 15 is 0 Å². The van der Waals surface area contributed by atoms with Crippen LogP contribution in [-0.2, 0) is 22.7 Å². The molecule has 0 radical (unpaired) electrons. The number of amides is 1. The van der Waals surface area contributed by atoms with E-state index in [-0.39, 0.29) is 12.3 Å². The molecule has 4 rings (SSSR count). The average molecular weight is 430 g/mol. The van der Waals surface area contributed by atoms with Gasteiger partial charge in [0.05, 0.1) is 32.0 Å². The molecular weight excluding hydrogens is 410 g/mol. The summed E-state index contributed by atoms with van der Waals surface area (Å²) in [5.41, 5.74) is 3.77.